The van der Waals surface area contributed by atoms with Crippen LogP contribution < -0.4 is 29.6 Å². The molecule has 0 bridgehead atoms. The van der Waals surface area contributed by atoms with Gasteiger partial charge in [0.05, 0.1) is 4.90 Å². The van der Waals surface area contributed by atoms with Gasteiger partial charge in [-0.2, -0.15) is 0 Å². The van der Waals surface area contributed by atoms with Crippen LogP contribution in [0.2, 0.25) is 0 Å². The molecule has 0 radical (unpaired) electrons. The average molecular weight is 314 g/mol. The van der Waals surface area contributed by atoms with Gasteiger partial charge in [-0.15, -0.1) is 0 Å². The minimum absolute atomic E-state index is 0. The Bertz CT molecular complexity index is 724. The molecule has 0 aliphatic carbocycles. The predicted molar refractivity (Wildman–Crippen MR) is 79.9 cm³/mol. The summed E-state index contributed by atoms with van der Waals surface area (Å²) in [6, 6.07) is 9.23. The maximum atomic E-state index is 11.4. The van der Waals surface area contributed by atoms with Crippen LogP contribution in [-0.4, -0.2) is 13.0 Å². The predicted octanol–water partition coefficient (Wildman–Crippen LogP) is 0.653. The van der Waals surface area contributed by atoms with Crippen molar-refractivity contribution in [2.24, 2.45) is 0 Å². The molecule has 0 aliphatic rings. The second-order valence-electron chi connectivity index (χ2n) is 5.05. The Morgan fingerprint density at radius 3 is 2.24 bits per heavy atom. The summed E-state index contributed by atoms with van der Waals surface area (Å²) < 4.78 is 34.2. The molecule has 0 spiro atoms. The third kappa shape index (κ3) is 4.30. The molecule has 0 aliphatic heterocycles. The minimum atomic E-state index is -4.42. The van der Waals surface area contributed by atoms with E-state index in [1.54, 1.807) is 6.07 Å². The summed E-state index contributed by atoms with van der Waals surface area (Å²) in [5, 5.41) is 1.88. The van der Waals surface area contributed by atoms with Crippen molar-refractivity contribution in [1.29, 1.82) is 0 Å². The molecule has 0 unspecified atom stereocenters. The third-order valence-corrected chi connectivity index (χ3v) is 4.38. The summed E-state index contributed by atoms with van der Waals surface area (Å²) in [6.45, 7) is 4.10. The molecule has 0 heterocycles. The topological polar surface area (TPSA) is 57.2 Å². The Kier molecular flexibility index (Phi) is 6.88. The van der Waals surface area contributed by atoms with Gasteiger partial charge in [-0.3, -0.25) is 0 Å². The Hall–Kier alpha value is -0.390. The Morgan fingerprint density at radius 1 is 1.00 bits per heavy atom. The van der Waals surface area contributed by atoms with Crippen LogP contribution >= 0.6 is 0 Å². The third-order valence-electron chi connectivity index (χ3n) is 3.46. The van der Waals surface area contributed by atoms with Crippen molar-refractivity contribution in [2.45, 2.75) is 44.4 Å². The van der Waals surface area contributed by atoms with Crippen LogP contribution in [0.3, 0.4) is 0 Å². The Morgan fingerprint density at radius 2 is 1.67 bits per heavy atom. The summed E-state index contributed by atoms with van der Waals surface area (Å²) >= 11 is 0. The molecule has 5 heteroatoms. The van der Waals surface area contributed by atoms with Gasteiger partial charge in [-0.25, -0.2) is 8.42 Å². The molecule has 0 N–H and O–H groups in total. The van der Waals surface area contributed by atoms with Crippen molar-refractivity contribution >= 4 is 20.9 Å². The van der Waals surface area contributed by atoms with Crippen LogP contribution in [-0.2, 0) is 23.0 Å². The normalized spacial score (nSPS) is 11.4. The number of hydrogen-bond acceptors (Lipinski definition) is 3. The van der Waals surface area contributed by atoms with Gasteiger partial charge >= 0.3 is 29.6 Å². The Labute approximate surface area is 148 Å². The van der Waals surface area contributed by atoms with Gasteiger partial charge in [-0.1, -0.05) is 51.0 Å². The summed E-state index contributed by atoms with van der Waals surface area (Å²) in [6.07, 6.45) is 3.47. The fourth-order valence-corrected chi connectivity index (χ4v) is 3.36. The standard InChI is InChI=1S/C16H20O3S.Na/c1-3-5-12-7-9-14-13(11-12)8-10-16(20(17,18)19)15(14)6-4-2;/h7-11H,3-6H2,1-2H3,(H,17,18,19);/q;+1/p-1. The molecule has 0 atom stereocenters. The van der Waals surface area contributed by atoms with Crippen molar-refractivity contribution in [3.05, 3.63) is 41.5 Å². The van der Waals surface area contributed by atoms with Gasteiger partial charge < -0.3 is 4.55 Å². The summed E-state index contributed by atoms with van der Waals surface area (Å²) in [4.78, 5) is -0.0740. The maximum absolute atomic E-state index is 11.4. The number of rotatable bonds is 5. The van der Waals surface area contributed by atoms with E-state index in [4.69, 9.17) is 0 Å². The van der Waals surface area contributed by atoms with E-state index in [0.29, 0.717) is 12.0 Å². The van der Waals surface area contributed by atoms with Crippen LogP contribution in [0.5, 0.6) is 0 Å². The smallest absolute Gasteiger partial charge is 0.744 e. The number of benzene rings is 2. The monoisotopic (exact) mass is 314 g/mol. The zero-order valence-electron chi connectivity index (χ0n) is 12.8. The first kappa shape index (κ1) is 18.7. The van der Waals surface area contributed by atoms with Crippen LogP contribution in [0.1, 0.15) is 37.8 Å². The fraction of sp³-hybridized carbons (Fsp3) is 0.375. The van der Waals surface area contributed by atoms with E-state index in [9.17, 15) is 13.0 Å². The van der Waals surface area contributed by atoms with Crippen molar-refractivity contribution in [3.63, 3.8) is 0 Å². The molecule has 0 fully saturated rings. The second kappa shape index (κ2) is 7.75. The van der Waals surface area contributed by atoms with Crippen LogP contribution in [0.15, 0.2) is 35.2 Å². The van der Waals surface area contributed by atoms with E-state index < -0.39 is 10.1 Å². The average Bonchev–Trinajstić information content (AvgIpc) is 2.38. The number of fused-ring (bicyclic) bond motifs is 1. The number of hydrogen-bond donors (Lipinski definition) is 0. The molecule has 3 nitrogen and oxygen atoms in total. The van der Waals surface area contributed by atoms with E-state index in [1.807, 2.05) is 19.1 Å². The molecule has 0 saturated heterocycles. The summed E-state index contributed by atoms with van der Waals surface area (Å²) in [7, 11) is -4.42. The van der Waals surface area contributed by atoms with Gasteiger partial charge in [0.25, 0.3) is 0 Å². The van der Waals surface area contributed by atoms with Gasteiger partial charge in [0, 0.05) is 0 Å². The van der Waals surface area contributed by atoms with Crippen molar-refractivity contribution < 1.29 is 42.5 Å². The van der Waals surface area contributed by atoms with E-state index in [1.165, 1.54) is 11.6 Å². The number of aryl methyl sites for hydroxylation is 2. The van der Waals surface area contributed by atoms with E-state index in [2.05, 4.69) is 13.0 Å². The largest absolute Gasteiger partial charge is 1.00 e. The van der Waals surface area contributed by atoms with E-state index in [0.717, 1.165) is 30.0 Å². The molecular weight excluding hydrogens is 295 g/mol. The van der Waals surface area contributed by atoms with Crippen LogP contribution in [0.25, 0.3) is 10.8 Å². The molecular formula is C16H19NaO3S. The van der Waals surface area contributed by atoms with Gasteiger partial charge in [0.2, 0.25) is 0 Å². The molecule has 0 aromatic heterocycles. The van der Waals surface area contributed by atoms with E-state index in [-0.39, 0.29) is 34.5 Å². The first-order chi connectivity index (χ1) is 9.47. The molecule has 0 saturated carbocycles. The zero-order chi connectivity index (χ0) is 14.8. The molecule has 21 heavy (non-hydrogen) atoms. The maximum Gasteiger partial charge on any atom is 1.00 e. The Balaban J connectivity index is 0.00000220. The molecule has 2 aromatic carbocycles. The van der Waals surface area contributed by atoms with Crippen molar-refractivity contribution in [1.82, 2.24) is 0 Å². The first-order valence-corrected chi connectivity index (χ1v) is 8.38. The zero-order valence-corrected chi connectivity index (χ0v) is 15.7. The van der Waals surface area contributed by atoms with Crippen LogP contribution in [0.4, 0.5) is 0 Å². The van der Waals surface area contributed by atoms with Gasteiger partial charge in [0.1, 0.15) is 10.1 Å². The van der Waals surface area contributed by atoms with Gasteiger partial charge in [0.15, 0.2) is 0 Å². The molecule has 0 amide bonds. The summed E-state index contributed by atoms with van der Waals surface area (Å²) in [5.41, 5.74) is 1.89. The summed E-state index contributed by atoms with van der Waals surface area (Å²) in [5.74, 6) is 0. The van der Waals surface area contributed by atoms with Crippen molar-refractivity contribution in [2.75, 3.05) is 0 Å². The molecule has 108 valence electrons. The first-order valence-electron chi connectivity index (χ1n) is 6.97. The SMILES string of the molecule is CCCc1ccc2c(CCC)c(S(=O)(=O)[O-])ccc2c1.[Na+]. The second-order valence-corrected chi connectivity index (χ2v) is 6.40. The van der Waals surface area contributed by atoms with Crippen LogP contribution in [0, 0.1) is 0 Å². The molecule has 2 aromatic rings. The van der Waals surface area contributed by atoms with Crippen molar-refractivity contribution in [3.8, 4) is 0 Å². The molecule has 2 rings (SSSR count). The quantitative estimate of drug-likeness (QED) is 0.601. The van der Waals surface area contributed by atoms with E-state index >= 15 is 0 Å². The fourth-order valence-electron chi connectivity index (χ4n) is 2.61. The minimum Gasteiger partial charge on any atom is -0.744 e. The van der Waals surface area contributed by atoms with Gasteiger partial charge in [-0.05, 0) is 40.8 Å².